The fourth-order valence-corrected chi connectivity index (χ4v) is 3.72. The molecule has 0 saturated heterocycles. The summed E-state index contributed by atoms with van der Waals surface area (Å²) in [7, 11) is 6.47. The molecule has 0 atom stereocenters. The van der Waals surface area contributed by atoms with E-state index in [1.165, 1.54) is 11.1 Å². The Morgan fingerprint density at radius 1 is 1.11 bits per heavy atom. The van der Waals surface area contributed by atoms with Gasteiger partial charge in [0.2, 0.25) is 0 Å². The third-order valence-electron chi connectivity index (χ3n) is 5.87. The molecule has 4 aromatic rings. The van der Waals surface area contributed by atoms with Gasteiger partial charge in [-0.2, -0.15) is 40.5 Å². The van der Waals surface area contributed by atoms with E-state index in [4.69, 9.17) is 0 Å². The topological polar surface area (TPSA) is 53.7 Å². The second-order valence-corrected chi connectivity index (χ2v) is 8.60. The number of hydrogen-bond acceptors (Lipinski definition) is 4. The van der Waals surface area contributed by atoms with Crippen LogP contribution in [0.4, 0.5) is 11.5 Å². The van der Waals surface area contributed by atoms with Crippen molar-refractivity contribution in [3.8, 4) is 5.75 Å². The summed E-state index contributed by atoms with van der Waals surface area (Å²) in [4.78, 5) is 6.66. The van der Waals surface area contributed by atoms with Crippen LogP contribution in [0.3, 0.4) is 0 Å². The van der Waals surface area contributed by atoms with Crippen LogP contribution in [0, 0.1) is 13.0 Å². The first-order valence-corrected chi connectivity index (χ1v) is 14.2. The molecule has 3 aromatic carbocycles. The molecule has 0 unspecified atom stereocenters. The molecule has 0 radical (unpaired) electrons. The molecule has 0 amide bonds. The van der Waals surface area contributed by atoms with E-state index in [1.807, 2.05) is 65.4 Å². The number of anilines is 1. The monoisotopic (exact) mass is 592 g/mol. The maximum absolute atomic E-state index is 10.3. The van der Waals surface area contributed by atoms with Crippen LogP contribution >= 0.6 is 9.69 Å². The van der Waals surface area contributed by atoms with Gasteiger partial charge in [-0.15, -0.1) is 0 Å². The summed E-state index contributed by atoms with van der Waals surface area (Å²) in [5, 5.41) is 15.7. The Hall–Kier alpha value is -2.69. The molecule has 0 aliphatic carbocycles. The van der Waals surface area contributed by atoms with Gasteiger partial charge in [0.1, 0.15) is 5.75 Å². The van der Waals surface area contributed by atoms with E-state index >= 15 is 0 Å². The van der Waals surface area contributed by atoms with E-state index in [1.54, 1.807) is 12.3 Å². The Balaban J connectivity index is 0.000000318. The molecule has 0 bridgehead atoms. The standard InChI is InChI=1S/C19H22N4O.C10H13.ClH.Ru/c1-4-23(5-2)15-11-10-14(18(24)12-15)13-20-19-16-8-6-7-9-17(16)22(3)21-19;1-8(2)10-6-4-9(3)5-7-10;;/h6-13,24H,4-5H2,1-3H3;4,6-8H,1-3H3;1H;/q;-1;;+2/p-1. The van der Waals surface area contributed by atoms with Crippen molar-refractivity contribution >= 4 is 38.3 Å². The Labute approximate surface area is 229 Å². The van der Waals surface area contributed by atoms with Crippen LogP contribution in [-0.2, 0) is 24.4 Å². The zero-order chi connectivity index (χ0) is 26.7. The molecule has 4 rings (SSSR count). The molecule has 192 valence electrons. The number of benzene rings is 3. The molecule has 36 heavy (non-hydrogen) atoms. The molecule has 0 aliphatic heterocycles. The predicted octanol–water partition coefficient (Wildman–Crippen LogP) is 7.48. The van der Waals surface area contributed by atoms with Gasteiger partial charge in [-0.05, 0) is 38.1 Å². The molecular weight excluding hydrogens is 557 g/mol. The number of fused-ring (bicyclic) bond motifs is 1. The van der Waals surface area contributed by atoms with Crippen molar-refractivity contribution in [2.45, 2.75) is 40.5 Å². The van der Waals surface area contributed by atoms with Gasteiger partial charge in [-0.25, -0.2) is 4.99 Å². The number of aromatic nitrogens is 2. The van der Waals surface area contributed by atoms with Gasteiger partial charge in [0.25, 0.3) is 0 Å². The molecule has 0 aliphatic rings. The van der Waals surface area contributed by atoms with Crippen LogP contribution in [0.5, 0.6) is 5.75 Å². The minimum absolute atomic E-state index is 0.225. The summed E-state index contributed by atoms with van der Waals surface area (Å²) in [6.45, 7) is 12.5. The molecule has 1 heterocycles. The normalized spacial score (nSPS) is 10.7. The number of phenols is 1. The fraction of sp³-hybridized carbons (Fsp3) is 0.310. The minimum atomic E-state index is 0.225. The van der Waals surface area contributed by atoms with Crippen molar-refractivity contribution < 1.29 is 22.4 Å². The second kappa shape index (κ2) is 14.8. The van der Waals surface area contributed by atoms with Crippen molar-refractivity contribution in [3.63, 3.8) is 0 Å². The van der Waals surface area contributed by atoms with Gasteiger partial charge in [0.15, 0.2) is 5.82 Å². The second-order valence-electron chi connectivity index (χ2n) is 8.60. The molecule has 5 nitrogen and oxygen atoms in total. The van der Waals surface area contributed by atoms with Gasteiger partial charge < -0.3 is 10.0 Å². The average Bonchev–Trinajstić information content (AvgIpc) is 3.21. The summed E-state index contributed by atoms with van der Waals surface area (Å²) >= 11 is 1.82. The number of halogens is 1. The zero-order valence-electron chi connectivity index (χ0n) is 21.8. The van der Waals surface area contributed by atoms with Gasteiger partial charge >= 0.3 is 27.0 Å². The van der Waals surface area contributed by atoms with Crippen molar-refractivity contribution in [1.29, 1.82) is 0 Å². The fourth-order valence-electron chi connectivity index (χ4n) is 3.72. The van der Waals surface area contributed by atoms with E-state index in [2.05, 4.69) is 83.6 Å². The number of hydrogen-bond donors (Lipinski definition) is 1. The first kappa shape index (κ1) is 29.5. The van der Waals surface area contributed by atoms with Crippen molar-refractivity contribution in [2.75, 3.05) is 18.0 Å². The van der Waals surface area contributed by atoms with Crippen LogP contribution in [0.25, 0.3) is 10.9 Å². The number of aryl methyl sites for hydroxylation is 2. The third kappa shape index (κ3) is 7.91. The van der Waals surface area contributed by atoms with Crippen molar-refractivity contribution in [3.05, 3.63) is 83.4 Å². The van der Waals surface area contributed by atoms with Crippen LogP contribution in [0.15, 0.2) is 65.7 Å². The first-order valence-electron chi connectivity index (χ1n) is 12.0. The van der Waals surface area contributed by atoms with E-state index in [0.717, 1.165) is 29.7 Å². The Kier molecular flexibility index (Phi) is 12.1. The van der Waals surface area contributed by atoms with Crippen LogP contribution < -0.4 is 4.90 Å². The van der Waals surface area contributed by atoms with E-state index in [0.29, 0.717) is 17.3 Å². The molecular formula is C29H35ClN4ORu. The quantitative estimate of drug-likeness (QED) is 0.144. The summed E-state index contributed by atoms with van der Waals surface area (Å²) in [6, 6.07) is 23.2. The van der Waals surface area contributed by atoms with E-state index in [9.17, 15) is 5.11 Å². The Bertz CT molecular complexity index is 1250. The molecule has 7 heteroatoms. The molecule has 0 saturated carbocycles. The SMILES string of the molecule is CCN(CC)c1ccc(C=Nc2nn(C)c3ccccc23)c(O)c1.Cc1[c-]cc(C(C)C)cc1.[Cl][Ru+]. The number of aliphatic imine (C=N–C) groups is 1. The van der Waals surface area contributed by atoms with E-state index < -0.39 is 0 Å². The number of nitrogens with zero attached hydrogens (tertiary/aromatic N) is 4. The van der Waals surface area contributed by atoms with Crippen LogP contribution in [0.2, 0.25) is 0 Å². The average molecular weight is 592 g/mol. The van der Waals surface area contributed by atoms with Gasteiger partial charge in [0, 0.05) is 49.1 Å². The molecule has 0 spiro atoms. The number of rotatable bonds is 6. The van der Waals surface area contributed by atoms with Gasteiger partial charge in [-0.3, -0.25) is 4.68 Å². The van der Waals surface area contributed by atoms with Crippen molar-refractivity contribution in [1.82, 2.24) is 9.78 Å². The summed E-state index contributed by atoms with van der Waals surface area (Å²) in [6.07, 6.45) is 1.66. The molecule has 1 aromatic heterocycles. The van der Waals surface area contributed by atoms with Crippen molar-refractivity contribution in [2.24, 2.45) is 12.0 Å². The Morgan fingerprint density at radius 2 is 1.81 bits per heavy atom. The van der Waals surface area contributed by atoms with Gasteiger partial charge in [0.05, 0.1) is 5.52 Å². The summed E-state index contributed by atoms with van der Waals surface area (Å²) in [5.74, 6) is 1.50. The predicted molar refractivity (Wildman–Crippen MR) is 150 cm³/mol. The zero-order valence-corrected chi connectivity index (χ0v) is 24.3. The molecule has 1 N–H and O–H groups in total. The van der Waals surface area contributed by atoms with Crippen LogP contribution in [0.1, 0.15) is 50.3 Å². The number of phenolic OH excluding ortho intramolecular Hbond substituents is 1. The summed E-state index contributed by atoms with van der Waals surface area (Å²) in [5.41, 5.74) is 5.30. The third-order valence-corrected chi connectivity index (χ3v) is 5.87. The van der Waals surface area contributed by atoms with Gasteiger partial charge in [-0.1, -0.05) is 38.8 Å². The summed E-state index contributed by atoms with van der Waals surface area (Å²) < 4.78 is 1.81. The van der Waals surface area contributed by atoms with Crippen LogP contribution in [-0.4, -0.2) is 34.2 Å². The van der Waals surface area contributed by atoms with E-state index in [-0.39, 0.29) is 5.75 Å². The number of para-hydroxylation sites is 1. The maximum atomic E-state index is 10.3. The molecule has 0 fully saturated rings. The number of aromatic hydroxyl groups is 1. The Morgan fingerprint density at radius 3 is 2.39 bits per heavy atom. The first-order chi connectivity index (χ1) is 17.3.